The van der Waals surface area contributed by atoms with Gasteiger partial charge in [-0.25, -0.2) is 0 Å². The highest BCUT2D eigenvalue weighted by atomic mass is 16.5. The van der Waals surface area contributed by atoms with Gasteiger partial charge >= 0.3 is 0 Å². The van der Waals surface area contributed by atoms with Crippen LogP contribution in [0.4, 0.5) is 0 Å². The average Bonchev–Trinajstić information content (AvgIpc) is 2.84. The van der Waals surface area contributed by atoms with Crippen molar-refractivity contribution in [2.75, 3.05) is 0 Å². The van der Waals surface area contributed by atoms with Crippen LogP contribution in [0.5, 0.6) is 0 Å². The molecule has 0 aliphatic heterocycles. The Kier molecular flexibility index (Phi) is 1.62. The predicted octanol–water partition coefficient (Wildman–Crippen LogP) is 2.53. The number of aryl methyl sites for hydroxylation is 1. The van der Waals surface area contributed by atoms with Gasteiger partial charge in [-0.2, -0.15) is 4.98 Å². The van der Waals surface area contributed by atoms with Crippen LogP contribution in [0.15, 0.2) is 35.0 Å². The molecule has 0 amide bonds. The van der Waals surface area contributed by atoms with Crippen LogP contribution in [-0.2, 0) is 0 Å². The summed E-state index contributed by atoms with van der Waals surface area (Å²) in [6, 6.07) is 7.96. The molecular formula is C11H9N3O. The number of benzene rings is 1. The fourth-order valence-corrected chi connectivity index (χ4v) is 1.68. The first kappa shape index (κ1) is 8.23. The van der Waals surface area contributed by atoms with E-state index >= 15 is 0 Å². The summed E-state index contributed by atoms with van der Waals surface area (Å²) in [5.74, 6) is 1.22. The lowest BCUT2D eigenvalue weighted by Crippen LogP contribution is -1.79. The first-order chi connectivity index (χ1) is 7.34. The number of hydrogen-bond donors (Lipinski definition) is 1. The van der Waals surface area contributed by atoms with E-state index in [2.05, 4.69) is 15.1 Å². The summed E-state index contributed by atoms with van der Waals surface area (Å²) in [4.78, 5) is 7.37. The quantitative estimate of drug-likeness (QED) is 0.655. The Hall–Kier alpha value is -2.10. The molecule has 2 heterocycles. The Morgan fingerprint density at radius 2 is 2.20 bits per heavy atom. The zero-order valence-corrected chi connectivity index (χ0v) is 8.19. The maximum Gasteiger partial charge on any atom is 0.258 e. The highest BCUT2D eigenvalue weighted by Crippen LogP contribution is 2.26. The summed E-state index contributed by atoms with van der Waals surface area (Å²) in [5, 5.41) is 4.89. The van der Waals surface area contributed by atoms with E-state index in [1.807, 2.05) is 37.4 Å². The average molecular weight is 199 g/mol. The topological polar surface area (TPSA) is 54.7 Å². The third-order valence-corrected chi connectivity index (χ3v) is 2.35. The summed E-state index contributed by atoms with van der Waals surface area (Å²) in [7, 11) is 0. The van der Waals surface area contributed by atoms with Crippen LogP contribution in [0.25, 0.3) is 22.4 Å². The van der Waals surface area contributed by atoms with E-state index in [1.54, 1.807) is 0 Å². The van der Waals surface area contributed by atoms with Crippen LogP contribution in [0.3, 0.4) is 0 Å². The number of hydrogen-bond acceptors (Lipinski definition) is 3. The normalized spacial score (nSPS) is 11.0. The molecule has 0 bridgehead atoms. The van der Waals surface area contributed by atoms with E-state index in [-0.39, 0.29) is 0 Å². The molecule has 1 aromatic carbocycles. The number of H-pyrrole nitrogens is 1. The molecule has 3 aromatic rings. The molecule has 0 aliphatic rings. The standard InChI is InChI=1S/C11H9N3O/c1-7-13-11(15-14-7)9-3-2-4-10-8(9)5-6-12-10/h2-6,12H,1H3. The molecule has 0 aliphatic carbocycles. The lowest BCUT2D eigenvalue weighted by molar-refractivity contribution is 0.426. The van der Waals surface area contributed by atoms with Crippen molar-refractivity contribution in [3.8, 4) is 11.5 Å². The lowest BCUT2D eigenvalue weighted by atomic mass is 10.1. The summed E-state index contributed by atoms with van der Waals surface area (Å²) < 4.78 is 5.15. The number of aromatic nitrogens is 3. The van der Waals surface area contributed by atoms with Gasteiger partial charge in [-0.1, -0.05) is 11.2 Å². The van der Waals surface area contributed by atoms with Gasteiger partial charge in [0.05, 0.1) is 0 Å². The van der Waals surface area contributed by atoms with Crippen LogP contribution in [0.2, 0.25) is 0 Å². The third-order valence-electron chi connectivity index (χ3n) is 2.35. The number of nitrogens with zero attached hydrogens (tertiary/aromatic N) is 2. The number of fused-ring (bicyclic) bond motifs is 1. The molecular weight excluding hydrogens is 190 g/mol. The molecule has 1 N–H and O–H groups in total. The molecule has 0 saturated carbocycles. The van der Waals surface area contributed by atoms with Crippen LogP contribution >= 0.6 is 0 Å². The lowest BCUT2D eigenvalue weighted by Gasteiger charge is -1.95. The fraction of sp³-hybridized carbons (Fsp3) is 0.0909. The van der Waals surface area contributed by atoms with Crippen molar-refractivity contribution in [1.82, 2.24) is 15.1 Å². The molecule has 0 fully saturated rings. The summed E-state index contributed by atoms with van der Waals surface area (Å²) in [6.07, 6.45) is 1.90. The van der Waals surface area contributed by atoms with E-state index in [0.717, 1.165) is 16.5 Å². The van der Waals surface area contributed by atoms with Crippen molar-refractivity contribution in [2.24, 2.45) is 0 Å². The second kappa shape index (κ2) is 2.95. The minimum Gasteiger partial charge on any atom is -0.361 e. The maximum absolute atomic E-state index is 5.15. The van der Waals surface area contributed by atoms with Gasteiger partial charge in [0.1, 0.15) is 0 Å². The van der Waals surface area contributed by atoms with Crippen LogP contribution < -0.4 is 0 Å². The molecule has 15 heavy (non-hydrogen) atoms. The van der Waals surface area contributed by atoms with Gasteiger partial charge in [0.2, 0.25) is 0 Å². The Balaban J connectivity index is 2.30. The van der Waals surface area contributed by atoms with E-state index in [1.165, 1.54) is 0 Å². The SMILES string of the molecule is Cc1noc(-c2cccc3[nH]ccc23)n1. The zero-order chi connectivity index (χ0) is 10.3. The minimum atomic E-state index is 0.567. The first-order valence-electron chi connectivity index (χ1n) is 4.71. The molecule has 0 spiro atoms. The van der Waals surface area contributed by atoms with E-state index < -0.39 is 0 Å². The Morgan fingerprint density at radius 3 is 3.00 bits per heavy atom. The summed E-state index contributed by atoms with van der Waals surface area (Å²) in [6.45, 7) is 1.81. The van der Waals surface area contributed by atoms with Crippen LogP contribution in [0, 0.1) is 6.92 Å². The molecule has 0 unspecified atom stereocenters. The molecule has 3 rings (SSSR count). The maximum atomic E-state index is 5.15. The summed E-state index contributed by atoms with van der Waals surface area (Å²) in [5.41, 5.74) is 2.04. The van der Waals surface area contributed by atoms with Gasteiger partial charge in [-0.15, -0.1) is 0 Å². The minimum absolute atomic E-state index is 0.567. The van der Waals surface area contributed by atoms with Crippen molar-refractivity contribution in [2.45, 2.75) is 6.92 Å². The van der Waals surface area contributed by atoms with E-state index in [4.69, 9.17) is 4.52 Å². The fourth-order valence-electron chi connectivity index (χ4n) is 1.68. The number of nitrogens with one attached hydrogen (secondary N) is 1. The molecule has 4 heteroatoms. The monoisotopic (exact) mass is 199 g/mol. The second-order valence-corrected chi connectivity index (χ2v) is 3.39. The third kappa shape index (κ3) is 1.22. The van der Waals surface area contributed by atoms with Gasteiger partial charge < -0.3 is 9.51 Å². The molecule has 2 aromatic heterocycles. The number of rotatable bonds is 1. The predicted molar refractivity (Wildman–Crippen MR) is 56.3 cm³/mol. The summed E-state index contributed by atoms with van der Waals surface area (Å²) >= 11 is 0. The Labute approximate surface area is 85.9 Å². The Bertz CT molecular complexity index is 609. The molecule has 0 saturated heterocycles. The van der Waals surface area contributed by atoms with Gasteiger partial charge in [0.25, 0.3) is 5.89 Å². The van der Waals surface area contributed by atoms with Crippen molar-refractivity contribution in [1.29, 1.82) is 0 Å². The van der Waals surface area contributed by atoms with Gasteiger partial charge in [0, 0.05) is 22.7 Å². The largest absolute Gasteiger partial charge is 0.361 e. The van der Waals surface area contributed by atoms with Crippen molar-refractivity contribution >= 4 is 10.9 Å². The van der Waals surface area contributed by atoms with Gasteiger partial charge in [-0.3, -0.25) is 0 Å². The molecule has 4 nitrogen and oxygen atoms in total. The van der Waals surface area contributed by atoms with Gasteiger partial charge in [0.15, 0.2) is 5.82 Å². The molecule has 0 atom stereocenters. The Morgan fingerprint density at radius 1 is 1.27 bits per heavy atom. The van der Waals surface area contributed by atoms with Crippen molar-refractivity contribution < 1.29 is 4.52 Å². The van der Waals surface area contributed by atoms with Crippen LogP contribution in [-0.4, -0.2) is 15.1 Å². The second-order valence-electron chi connectivity index (χ2n) is 3.39. The first-order valence-corrected chi connectivity index (χ1v) is 4.71. The van der Waals surface area contributed by atoms with Gasteiger partial charge in [-0.05, 0) is 25.1 Å². The smallest absolute Gasteiger partial charge is 0.258 e. The molecule has 0 radical (unpaired) electrons. The zero-order valence-electron chi connectivity index (χ0n) is 8.19. The van der Waals surface area contributed by atoms with Crippen molar-refractivity contribution in [3.63, 3.8) is 0 Å². The molecule has 74 valence electrons. The van der Waals surface area contributed by atoms with E-state index in [0.29, 0.717) is 11.7 Å². The highest BCUT2D eigenvalue weighted by Gasteiger charge is 2.09. The van der Waals surface area contributed by atoms with E-state index in [9.17, 15) is 0 Å². The highest BCUT2D eigenvalue weighted by molar-refractivity contribution is 5.92. The van der Waals surface area contributed by atoms with Crippen LogP contribution in [0.1, 0.15) is 5.82 Å². The number of aromatic amines is 1. The van der Waals surface area contributed by atoms with Crippen molar-refractivity contribution in [3.05, 3.63) is 36.3 Å².